The zero-order chi connectivity index (χ0) is 18.0. The van der Waals surface area contributed by atoms with E-state index in [1.165, 1.54) is 23.2 Å². The highest BCUT2D eigenvalue weighted by molar-refractivity contribution is 5.90. The van der Waals surface area contributed by atoms with Crippen molar-refractivity contribution in [3.8, 4) is 5.88 Å². The monoisotopic (exact) mass is 358 g/mol. The minimum Gasteiger partial charge on any atom is -0.468 e. The molecule has 0 atom stereocenters. The van der Waals surface area contributed by atoms with Crippen molar-refractivity contribution in [2.75, 3.05) is 25.0 Å². The summed E-state index contributed by atoms with van der Waals surface area (Å²) in [5, 5.41) is 5.43. The van der Waals surface area contributed by atoms with Gasteiger partial charge in [-0.15, -0.1) is 0 Å². The zero-order valence-corrected chi connectivity index (χ0v) is 13.2. The summed E-state index contributed by atoms with van der Waals surface area (Å²) in [5.74, 6) is -0.0752. The molecule has 7 nitrogen and oxygen atoms in total. The third-order valence-corrected chi connectivity index (χ3v) is 3.83. The Kier molecular flexibility index (Phi) is 4.69. The number of pyridine rings is 1. The number of aromatic nitrogens is 1. The summed E-state index contributed by atoms with van der Waals surface area (Å²) in [6, 6.07) is 2.21. The summed E-state index contributed by atoms with van der Waals surface area (Å²) < 4.78 is 40.9. The Hall–Kier alpha value is -2.52. The first kappa shape index (κ1) is 17.3. The molecule has 1 saturated heterocycles. The van der Waals surface area contributed by atoms with Crippen molar-refractivity contribution in [1.29, 1.82) is 0 Å². The molecule has 1 aromatic rings. The average molecular weight is 358 g/mol. The van der Waals surface area contributed by atoms with Crippen molar-refractivity contribution < 1.29 is 27.5 Å². The van der Waals surface area contributed by atoms with Crippen LogP contribution in [0.1, 0.15) is 12.8 Å². The van der Waals surface area contributed by atoms with Gasteiger partial charge in [0, 0.05) is 37.0 Å². The van der Waals surface area contributed by atoms with Crippen molar-refractivity contribution in [2.24, 2.45) is 5.92 Å². The number of hydrogen-bond donors (Lipinski definition) is 2. The highest BCUT2D eigenvalue weighted by Crippen LogP contribution is 2.29. The Morgan fingerprint density at radius 3 is 2.68 bits per heavy atom. The van der Waals surface area contributed by atoms with Gasteiger partial charge in [-0.2, -0.15) is 13.2 Å². The first-order valence-electron chi connectivity index (χ1n) is 7.82. The molecule has 0 unspecified atom stereocenters. The second-order valence-electron chi connectivity index (χ2n) is 6.10. The Labute approximate surface area is 141 Å². The fraction of sp³-hybridized carbons (Fsp3) is 0.533. The lowest BCUT2D eigenvalue weighted by atomic mass is 10.1. The van der Waals surface area contributed by atoms with Crippen LogP contribution in [0.3, 0.4) is 0 Å². The van der Waals surface area contributed by atoms with Crippen LogP contribution in [0.2, 0.25) is 0 Å². The number of urea groups is 1. The minimum absolute atomic E-state index is 0.0330. The van der Waals surface area contributed by atoms with Crippen LogP contribution < -0.4 is 15.4 Å². The molecule has 2 fully saturated rings. The maximum absolute atomic E-state index is 12.1. The summed E-state index contributed by atoms with van der Waals surface area (Å²) in [6.45, 7) is -0.661. The fourth-order valence-electron chi connectivity index (χ4n) is 2.32. The van der Waals surface area contributed by atoms with Crippen molar-refractivity contribution in [2.45, 2.75) is 25.1 Å². The molecule has 0 spiro atoms. The number of carbonyl (C=O) groups excluding carboxylic acids is 2. The van der Waals surface area contributed by atoms with E-state index in [1.54, 1.807) is 0 Å². The number of nitrogens with zero attached hydrogens (tertiary/aromatic N) is 2. The van der Waals surface area contributed by atoms with Crippen LogP contribution in [0.15, 0.2) is 18.3 Å². The van der Waals surface area contributed by atoms with E-state index >= 15 is 0 Å². The molecule has 2 N–H and O–H groups in total. The standard InChI is InChI=1S/C15H17F3N4O3/c16-15(17,18)8-25-12-5-10(3-4-19-12)21-14(24)22-6-11(7-22)20-13(23)9-1-2-9/h3-5,9,11H,1-2,6-8H2,(H,20,23)(H,19,21,24). The van der Waals surface area contributed by atoms with Crippen molar-refractivity contribution in [1.82, 2.24) is 15.2 Å². The molecule has 25 heavy (non-hydrogen) atoms. The van der Waals surface area contributed by atoms with Crippen LogP contribution in [0.4, 0.5) is 23.7 Å². The van der Waals surface area contributed by atoms with Gasteiger partial charge in [0.05, 0.1) is 6.04 Å². The predicted octanol–water partition coefficient (Wildman–Crippen LogP) is 1.76. The van der Waals surface area contributed by atoms with E-state index in [1.807, 2.05) is 0 Å². The van der Waals surface area contributed by atoms with Gasteiger partial charge in [-0.1, -0.05) is 0 Å². The number of nitrogens with one attached hydrogen (secondary N) is 2. The van der Waals surface area contributed by atoms with Crippen LogP contribution in [0, 0.1) is 5.92 Å². The number of ether oxygens (including phenoxy) is 1. The number of carbonyl (C=O) groups is 2. The van der Waals surface area contributed by atoms with Gasteiger partial charge >= 0.3 is 12.2 Å². The van der Waals surface area contributed by atoms with E-state index in [0.29, 0.717) is 13.1 Å². The third-order valence-electron chi connectivity index (χ3n) is 3.83. The summed E-state index contributed by atoms with van der Waals surface area (Å²) in [5.41, 5.74) is 0.280. The molecule has 2 heterocycles. The van der Waals surface area contributed by atoms with Crippen molar-refractivity contribution >= 4 is 17.6 Å². The summed E-state index contributed by atoms with van der Waals surface area (Å²) >= 11 is 0. The second kappa shape index (κ2) is 6.77. The number of anilines is 1. The number of hydrogen-bond acceptors (Lipinski definition) is 4. The van der Waals surface area contributed by atoms with Crippen LogP contribution in [0.5, 0.6) is 5.88 Å². The molecule has 2 aliphatic rings. The number of amides is 3. The lowest BCUT2D eigenvalue weighted by molar-refractivity contribution is -0.154. The van der Waals surface area contributed by atoms with Gasteiger partial charge in [0.15, 0.2) is 6.61 Å². The smallest absolute Gasteiger partial charge is 0.422 e. The fourth-order valence-corrected chi connectivity index (χ4v) is 2.32. The highest BCUT2D eigenvalue weighted by Gasteiger charge is 2.36. The average Bonchev–Trinajstić information content (AvgIpc) is 3.32. The van der Waals surface area contributed by atoms with E-state index in [-0.39, 0.29) is 29.4 Å². The van der Waals surface area contributed by atoms with Gasteiger partial charge < -0.3 is 20.3 Å². The SMILES string of the molecule is O=C(NC1CN(C(=O)Nc2ccnc(OCC(F)(F)F)c2)C1)C1CC1. The number of alkyl halides is 3. The Morgan fingerprint density at radius 1 is 1.32 bits per heavy atom. The quantitative estimate of drug-likeness (QED) is 0.840. The molecule has 136 valence electrons. The van der Waals surface area contributed by atoms with E-state index < -0.39 is 18.8 Å². The molecule has 1 saturated carbocycles. The maximum Gasteiger partial charge on any atom is 0.422 e. The summed E-state index contributed by atoms with van der Waals surface area (Å²) in [4.78, 5) is 28.8. The van der Waals surface area contributed by atoms with Gasteiger partial charge in [0.1, 0.15) is 0 Å². The van der Waals surface area contributed by atoms with Crippen LogP contribution in [-0.4, -0.2) is 53.7 Å². The molecule has 1 aliphatic carbocycles. The van der Waals surface area contributed by atoms with Gasteiger partial charge in [-0.25, -0.2) is 9.78 Å². The molecule has 1 aliphatic heterocycles. The van der Waals surface area contributed by atoms with Gasteiger partial charge in [0.25, 0.3) is 0 Å². The number of halogens is 3. The molecular weight excluding hydrogens is 341 g/mol. The molecule has 0 aromatic carbocycles. The normalized spacial score (nSPS) is 17.6. The first-order chi connectivity index (χ1) is 11.8. The molecule has 1 aromatic heterocycles. The molecular formula is C15H17F3N4O3. The highest BCUT2D eigenvalue weighted by atomic mass is 19.4. The van der Waals surface area contributed by atoms with E-state index in [2.05, 4.69) is 20.4 Å². The summed E-state index contributed by atoms with van der Waals surface area (Å²) in [6.07, 6.45) is -1.37. The minimum atomic E-state index is -4.46. The zero-order valence-electron chi connectivity index (χ0n) is 13.2. The Balaban J connectivity index is 1.44. The topological polar surface area (TPSA) is 83.6 Å². The molecule has 3 amide bonds. The molecule has 3 rings (SSSR count). The van der Waals surface area contributed by atoms with E-state index in [4.69, 9.17) is 0 Å². The van der Waals surface area contributed by atoms with Crippen molar-refractivity contribution in [3.05, 3.63) is 18.3 Å². The molecule has 0 radical (unpaired) electrons. The number of rotatable bonds is 5. The van der Waals surface area contributed by atoms with Crippen molar-refractivity contribution in [3.63, 3.8) is 0 Å². The third kappa shape index (κ3) is 4.97. The summed E-state index contributed by atoms with van der Waals surface area (Å²) in [7, 11) is 0. The van der Waals surface area contributed by atoms with Crippen LogP contribution >= 0.6 is 0 Å². The lowest BCUT2D eigenvalue weighted by Gasteiger charge is -2.39. The number of likely N-dealkylation sites (tertiary alicyclic amines) is 1. The van der Waals surface area contributed by atoms with Crippen LogP contribution in [0.25, 0.3) is 0 Å². The van der Waals surface area contributed by atoms with E-state index in [0.717, 1.165) is 12.8 Å². The maximum atomic E-state index is 12.1. The van der Waals surface area contributed by atoms with Crippen LogP contribution in [-0.2, 0) is 4.79 Å². The Bertz CT molecular complexity index is 658. The van der Waals surface area contributed by atoms with Gasteiger partial charge in [-0.05, 0) is 18.9 Å². The van der Waals surface area contributed by atoms with E-state index in [9.17, 15) is 22.8 Å². The Morgan fingerprint density at radius 2 is 2.04 bits per heavy atom. The van der Waals surface area contributed by atoms with Gasteiger partial charge in [0.2, 0.25) is 11.8 Å². The molecule has 10 heteroatoms. The molecule has 0 bridgehead atoms. The first-order valence-corrected chi connectivity index (χ1v) is 7.82. The predicted molar refractivity (Wildman–Crippen MR) is 81.0 cm³/mol. The largest absolute Gasteiger partial charge is 0.468 e. The second-order valence-corrected chi connectivity index (χ2v) is 6.10. The van der Waals surface area contributed by atoms with Gasteiger partial charge in [-0.3, -0.25) is 4.79 Å². The lowest BCUT2D eigenvalue weighted by Crippen LogP contribution is -2.62.